The van der Waals surface area contributed by atoms with Crippen molar-refractivity contribution in [2.75, 3.05) is 13.7 Å². The summed E-state index contributed by atoms with van der Waals surface area (Å²) >= 11 is 0. The Morgan fingerprint density at radius 1 is 1.33 bits per heavy atom. The first-order chi connectivity index (χ1) is 10.1. The Bertz CT molecular complexity index is 417. The van der Waals surface area contributed by atoms with Crippen molar-refractivity contribution in [3.05, 3.63) is 29.8 Å². The fraction of sp³-hybridized carbons (Fsp3) is 0.588. The monoisotopic (exact) mass is 293 g/mol. The summed E-state index contributed by atoms with van der Waals surface area (Å²) in [5, 5.41) is 9.08. The van der Waals surface area contributed by atoms with Crippen LogP contribution in [0.25, 0.3) is 0 Å². The molecule has 0 amide bonds. The van der Waals surface area contributed by atoms with E-state index in [1.54, 1.807) is 7.11 Å². The van der Waals surface area contributed by atoms with Gasteiger partial charge in [0.05, 0.1) is 13.0 Å². The van der Waals surface area contributed by atoms with E-state index in [2.05, 4.69) is 19.1 Å². The number of aryl methyl sites for hydroxylation is 1. The summed E-state index contributed by atoms with van der Waals surface area (Å²) in [4.78, 5) is 11.0. The summed E-state index contributed by atoms with van der Waals surface area (Å²) < 4.78 is 5.14. The second kappa shape index (κ2) is 9.40. The molecular weight excluding hydrogens is 266 g/mol. The standard InChI is InChI=1S/C17H27NO3/c1-3-13(11-15(12-18)17(19)20)5-4-6-14-7-9-16(21-2)10-8-14/h7-10,13,15H,3-6,11-12,18H2,1-2H3,(H,19,20). The van der Waals surface area contributed by atoms with Gasteiger partial charge >= 0.3 is 5.97 Å². The van der Waals surface area contributed by atoms with Crippen molar-refractivity contribution in [1.29, 1.82) is 0 Å². The normalized spacial score (nSPS) is 13.7. The number of ether oxygens (including phenoxy) is 1. The molecular formula is C17H27NO3. The maximum absolute atomic E-state index is 11.0. The molecule has 0 fully saturated rings. The SMILES string of the molecule is CCC(CCCc1ccc(OC)cc1)CC(CN)C(=O)O. The van der Waals surface area contributed by atoms with Gasteiger partial charge in [-0.3, -0.25) is 4.79 Å². The Balaban J connectivity index is 2.38. The van der Waals surface area contributed by atoms with E-state index in [1.807, 2.05) is 12.1 Å². The van der Waals surface area contributed by atoms with Crippen LogP contribution in [-0.2, 0) is 11.2 Å². The van der Waals surface area contributed by atoms with Crippen molar-refractivity contribution < 1.29 is 14.6 Å². The molecule has 2 unspecified atom stereocenters. The molecule has 0 spiro atoms. The molecule has 0 aromatic heterocycles. The summed E-state index contributed by atoms with van der Waals surface area (Å²) in [5.41, 5.74) is 6.82. The largest absolute Gasteiger partial charge is 0.497 e. The third-order valence-corrected chi connectivity index (χ3v) is 4.07. The lowest BCUT2D eigenvalue weighted by molar-refractivity contribution is -0.142. The number of methoxy groups -OCH3 is 1. The highest BCUT2D eigenvalue weighted by Gasteiger charge is 2.20. The molecule has 0 saturated carbocycles. The van der Waals surface area contributed by atoms with Gasteiger partial charge in [-0.25, -0.2) is 0 Å². The van der Waals surface area contributed by atoms with Crippen LogP contribution in [0.15, 0.2) is 24.3 Å². The second-order valence-electron chi connectivity index (χ2n) is 5.52. The molecule has 1 rings (SSSR count). The van der Waals surface area contributed by atoms with Gasteiger partial charge in [-0.05, 0) is 42.9 Å². The van der Waals surface area contributed by atoms with Crippen LogP contribution in [0, 0.1) is 11.8 Å². The van der Waals surface area contributed by atoms with Crippen LogP contribution in [-0.4, -0.2) is 24.7 Å². The number of aliphatic carboxylic acids is 1. The fourth-order valence-electron chi connectivity index (χ4n) is 2.58. The van der Waals surface area contributed by atoms with E-state index in [1.165, 1.54) is 5.56 Å². The van der Waals surface area contributed by atoms with Gasteiger partial charge in [0.1, 0.15) is 5.75 Å². The van der Waals surface area contributed by atoms with Crippen molar-refractivity contribution in [1.82, 2.24) is 0 Å². The summed E-state index contributed by atoms with van der Waals surface area (Å²) in [7, 11) is 1.66. The highest BCUT2D eigenvalue weighted by atomic mass is 16.5. The molecule has 4 nitrogen and oxygen atoms in total. The van der Waals surface area contributed by atoms with Crippen molar-refractivity contribution in [3.63, 3.8) is 0 Å². The number of carbonyl (C=O) groups is 1. The minimum Gasteiger partial charge on any atom is -0.497 e. The quantitative estimate of drug-likeness (QED) is 0.695. The van der Waals surface area contributed by atoms with E-state index >= 15 is 0 Å². The van der Waals surface area contributed by atoms with Crippen molar-refractivity contribution >= 4 is 5.97 Å². The smallest absolute Gasteiger partial charge is 0.307 e. The molecule has 1 aromatic carbocycles. The van der Waals surface area contributed by atoms with E-state index < -0.39 is 11.9 Å². The van der Waals surface area contributed by atoms with Crippen molar-refractivity contribution in [3.8, 4) is 5.75 Å². The second-order valence-corrected chi connectivity index (χ2v) is 5.52. The minimum atomic E-state index is -0.772. The summed E-state index contributed by atoms with van der Waals surface area (Å²) in [5.74, 6) is 0.132. The highest BCUT2D eigenvalue weighted by molar-refractivity contribution is 5.70. The van der Waals surface area contributed by atoms with Crippen LogP contribution >= 0.6 is 0 Å². The van der Waals surface area contributed by atoms with Crippen LogP contribution in [0.1, 0.15) is 38.2 Å². The zero-order valence-corrected chi connectivity index (χ0v) is 13.0. The van der Waals surface area contributed by atoms with Crippen LogP contribution in [0.4, 0.5) is 0 Å². The van der Waals surface area contributed by atoms with Gasteiger partial charge in [0.15, 0.2) is 0 Å². The third kappa shape index (κ3) is 6.17. The first-order valence-electron chi connectivity index (χ1n) is 7.66. The Hall–Kier alpha value is -1.55. The molecule has 4 heteroatoms. The van der Waals surface area contributed by atoms with Crippen LogP contribution in [0.5, 0.6) is 5.75 Å². The van der Waals surface area contributed by atoms with Gasteiger partial charge in [0.2, 0.25) is 0 Å². The van der Waals surface area contributed by atoms with Crippen LogP contribution < -0.4 is 10.5 Å². The van der Waals surface area contributed by atoms with Crippen LogP contribution in [0.3, 0.4) is 0 Å². The van der Waals surface area contributed by atoms with E-state index in [9.17, 15) is 4.79 Å². The molecule has 1 aromatic rings. The average Bonchev–Trinajstić information content (AvgIpc) is 2.51. The Kier molecular flexibility index (Phi) is 7.83. The topological polar surface area (TPSA) is 72.5 Å². The maximum atomic E-state index is 11.0. The number of benzene rings is 1. The number of carboxylic acids is 1. The number of nitrogens with two attached hydrogens (primary N) is 1. The fourth-order valence-corrected chi connectivity index (χ4v) is 2.58. The lowest BCUT2D eigenvalue weighted by atomic mass is 9.88. The molecule has 0 aliphatic rings. The lowest BCUT2D eigenvalue weighted by Crippen LogP contribution is -2.25. The molecule has 0 aliphatic carbocycles. The molecule has 0 bridgehead atoms. The highest BCUT2D eigenvalue weighted by Crippen LogP contribution is 2.22. The number of carboxylic acid groups (broad SMARTS) is 1. The van der Waals surface area contributed by atoms with Gasteiger partial charge in [-0.2, -0.15) is 0 Å². The molecule has 118 valence electrons. The van der Waals surface area contributed by atoms with E-state index in [0.717, 1.165) is 31.4 Å². The predicted octanol–water partition coefficient (Wildman–Crippen LogP) is 3.09. The first kappa shape index (κ1) is 17.5. The van der Waals surface area contributed by atoms with Crippen LogP contribution in [0.2, 0.25) is 0 Å². The first-order valence-corrected chi connectivity index (χ1v) is 7.66. The zero-order valence-electron chi connectivity index (χ0n) is 13.0. The molecule has 21 heavy (non-hydrogen) atoms. The number of hydrogen-bond donors (Lipinski definition) is 2. The predicted molar refractivity (Wildman–Crippen MR) is 84.5 cm³/mol. The molecule has 0 aliphatic heterocycles. The Morgan fingerprint density at radius 2 is 2.00 bits per heavy atom. The van der Waals surface area contributed by atoms with E-state index in [4.69, 9.17) is 15.6 Å². The van der Waals surface area contributed by atoms with Gasteiger partial charge < -0.3 is 15.6 Å². The average molecular weight is 293 g/mol. The number of hydrogen-bond acceptors (Lipinski definition) is 3. The van der Waals surface area contributed by atoms with E-state index in [-0.39, 0.29) is 6.54 Å². The van der Waals surface area contributed by atoms with Crippen molar-refractivity contribution in [2.45, 2.75) is 39.0 Å². The van der Waals surface area contributed by atoms with Gasteiger partial charge in [-0.15, -0.1) is 0 Å². The summed E-state index contributed by atoms with van der Waals surface area (Å²) in [6, 6.07) is 8.11. The summed E-state index contributed by atoms with van der Waals surface area (Å²) in [6.07, 6.45) is 4.83. The molecule has 3 N–H and O–H groups in total. The lowest BCUT2D eigenvalue weighted by Gasteiger charge is -2.18. The van der Waals surface area contributed by atoms with Gasteiger partial charge in [0, 0.05) is 6.54 Å². The Labute approximate surface area is 127 Å². The van der Waals surface area contributed by atoms with Gasteiger partial charge in [-0.1, -0.05) is 31.9 Å². The van der Waals surface area contributed by atoms with Crippen molar-refractivity contribution in [2.24, 2.45) is 17.6 Å². The van der Waals surface area contributed by atoms with Gasteiger partial charge in [0.25, 0.3) is 0 Å². The molecule has 0 heterocycles. The minimum absolute atomic E-state index is 0.227. The number of rotatable bonds is 10. The summed E-state index contributed by atoms with van der Waals surface area (Å²) in [6.45, 7) is 2.35. The maximum Gasteiger partial charge on any atom is 0.307 e. The molecule has 0 saturated heterocycles. The zero-order chi connectivity index (χ0) is 15.7. The van der Waals surface area contributed by atoms with E-state index in [0.29, 0.717) is 12.3 Å². The molecule has 0 radical (unpaired) electrons. The molecule has 2 atom stereocenters. The third-order valence-electron chi connectivity index (χ3n) is 4.07. The Morgan fingerprint density at radius 3 is 2.48 bits per heavy atom.